The lowest BCUT2D eigenvalue weighted by Crippen LogP contribution is -2.37. The van der Waals surface area contributed by atoms with Gasteiger partial charge < -0.3 is 18.9 Å². The number of nitrogens with zero attached hydrogens (tertiary/aromatic N) is 1. The molecule has 0 heterocycles. The number of esters is 2. The molecule has 2 atom stereocenters. The number of unbranched alkanes of at least 4 members (excludes halogenated alkanes) is 20. The van der Waals surface area contributed by atoms with Crippen molar-refractivity contribution in [2.24, 2.45) is 0 Å². The zero-order chi connectivity index (χ0) is 38.6. The van der Waals surface area contributed by atoms with Gasteiger partial charge in [0.2, 0.25) is 0 Å². The van der Waals surface area contributed by atoms with Crippen LogP contribution in [0.2, 0.25) is 0 Å². The van der Waals surface area contributed by atoms with Crippen LogP contribution in [0.1, 0.15) is 181 Å². The lowest BCUT2D eigenvalue weighted by molar-refractivity contribution is -0.870. The van der Waals surface area contributed by atoms with Crippen LogP contribution >= 0.6 is 7.82 Å². The van der Waals surface area contributed by atoms with Crippen molar-refractivity contribution in [3.8, 4) is 0 Å². The topological polar surface area (TPSA) is 108 Å². The average Bonchev–Trinajstić information content (AvgIpc) is 3.09. The smallest absolute Gasteiger partial charge is 0.462 e. The molecule has 10 heteroatoms. The summed E-state index contributed by atoms with van der Waals surface area (Å²) in [6.07, 6.45) is 36.5. The fourth-order valence-electron chi connectivity index (χ4n) is 5.58. The molecule has 0 rings (SSSR count). The Balaban J connectivity index is 4.36. The van der Waals surface area contributed by atoms with E-state index in [1.807, 2.05) is 21.1 Å². The van der Waals surface area contributed by atoms with E-state index in [4.69, 9.17) is 18.5 Å². The van der Waals surface area contributed by atoms with Crippen molar-refractivity contribution in [1.82, 2.24) is 0 Å². The Morgan fingerprint density at radius 1 is 0.577 bits per heavy atom. The lowest BCUT2D eigenvalue weighted by atomic mass is 10.1. The highest BCUT2D eigenvalue weighted by Gasteiger charge is 2.27. The van der Waals surface area contributed by atoms with E-state index in [-0.39, 0.29) is 32.0 Å². The third kappa shape index (κ3) is 38.2. The molecule has 0 saturated carbocycles. The maximum absolute atomic E-state index is 12.7. The molecule has 0 fully saturated rings. The Morgan fingerprint density at radius 3 is 1.48 bits per heavy atom. The van der Waals surface area contributed by atoms with Crippen LogP contribution in [0.25, 0.3) is 0 Å². The van der Waals surface area contributed by atoms with E-state index in [1.165, 1.54) is 83.5 Å². The molecule has 0 amide bonds. The summed E-state index contributed by atoms with van der Waals surface area (Å²) in [6, 6.07) is 0. The molecule has 0 saturated heterocycles. The Hall–Kier alpha value is -1.51. The molecule has 0 radical (unpaired) electrons. The molecule has 0 aromatic heterocycles. The van der Waals surface area contributed by atoms with E-state index in [0.717, 1.165) is 64.2 Å². The highest BCUT2D eigenvalue weighted by Crippen LogP contribution is 2.43. The molecule has 0 aliphatic carbocycles. The number of hydrogen-bond acceptors (Lipinski definition) is 7. The second kappa shape index (κ2) is 35.2. The van der Waals surface area contributed by atoms with Crippen molar-refractivity contribution in [3.63, 3.8) is 0 Å². The second-order valence-corrected chi connectivity index (χ2v) is 16.8. The average molecular weight is 759 g/mol. The van der Waals surface area contributed by atoms with E-state index in [1.54, 1.807) is 0 Å². The zero-order valence-corrected chi connectivity index (χ0v) is 35.2. The minimum atomic E-state index is -4.37. The predicted octanol–water partition coefficient (Wildman–Crippen LogP) is 11.6. The molecule has 0 aliphatic rings. The van der Waals surface area contributed by atoms with Gasteiger partial charge in [-0.25, -0.2) is 4.57 Å². The number of rotatable bonds is 38. The molecule has 0 spiro atoms. The minimum absolute atomic E-state index is 0.0310. The number of carbonyl (C=O) groups excluding carboxylic acids is 2. The summed E-state index contributed by atoms with van der Waals surface area (Å²) in [7, 11) is 1.47. The molecule has 0 aliphatic heterocycles. The van der Waals surface area contributed by atoms with Crippen LogP contribution in [0.15, 0.2) is 24.3 Å². The lowest BCUT2D eigenvalue weighted by Gasteiger charge is -2.24. The normalized spacial score (nSPS) is 13.9. The number of hydrogen-bond donors (Lipinski definition) is 1. The molecule has 306 valence electrons. The number of carbonyl (C=O) groups is 2. The van der Waals surface area contributed by atoms with E-state index in [2.05, 4.69) is 38.2 Å². The number of allylic oxidation sites excluding steroid dienone is 4. The van der Waals surface area contributed by atoms with Crippen LogP contribution in [-0.2, 0) is 32.7 Å². The van der Waals surface area contributed by atoms with Crippen molar-refractivity contribution in [2.45, 2.75) is 187 Å². The van der Waals surface area contributed by atoms with E-state index >= 15 is 0 Å². The summed E-state index contributed by atoms with van der Waals surface area (Å²) in [4.78, 5) is 35.2. The van der Waals surface area contributed by atoms with Crippen molar-refractivity contribution in [3.05, 3.63) is 24.3 Å². The molecular weight excluding hydrogens is 677 g/mol. The molecule has 0 aromatic rings. The second-order valence-electron chi connectivity index (χ2n) is 15.4. The minimum Gasteiger partial charge on any atom is -0.462 e. The van der Waals surface area contributed by atoms with E-state index in [0.29, 0.717) is 17.4 Å². The first-order valence-corrected chi connectivity index (χ1v) is 22.6. The van der Waals surface area contributed by atoms with Crippen LogP contribution in [0.5, 0.6) is 0 Å². The Kier molecular flexibility index (Phi) is 34.2. The molecule has 9 nitrogen and oxygen atoms in total. The van der Waals surface area contributed by atoms with Gasteiger partial charge in [0.1, 0.15) is 19.8 Å². The van der Waals surface area contributed by atoms with Gasteiger partial charge in [0.05, 0.1) is 27.7 Å². The van der Waals surface area contributed by atoms with Gasteiger partial charge in [0.15, 0.2) is 6.10 Å². The maximum Gasteiger partial charge on any atom is 0.472 e. The molecule has 1 N–H and O–H groups in total. The number of phosphoric ester groups is 1. The van der Waals surface area contributed by atoms with Crippen LogP contribution < -0.4 is 0 Å². The standard InChI is InChI=1S/C42H80NO8P/c1-6-8-10-12-14-16-18-19-20-21-22-23-25-27-29-31-33-35-42(45)51-40(39-50-52(46,47)49-37-36-43(3,4)5)38-48-41(44)34-32-30-28-26-24-17-15-13-11-9-7-2/h13,15-16,18,40H,6-12,14,17,19-39H2,1-5H3/p+1/b15-13+,18-16+/t40-/m1/s1. The maximum atomic E-state index is 12.7. The number of likely N-dealkylation sites (N-methyl/N-ethyl adjacent to an activating group) is 1. The van der Waals surface area contributed by atoms with E-state index in [9.17, 15) is 19.0 Å². The van der Waals surface area contributed by atoms with Gasteiger partial charge in [-0.05, 0) is 57.8 Å². The molecule has 1 unspecified atom stereocenters. The zero-order valence-electron chi connectivity index (χ0n) is 34.3. The van der Waals surface area contributed by atoms with Gasteiger partial charge in [-0.15, -0.1) is 0 Å². The third-order valence-corrected chi connectivity index (χ3v) is 9.94. The first-order chi connectivity index (χ1) is 25.0. The summed E-state index contributed by atoms with van der Waals surface area (Å²) >= 11 is 0. The van der Waals surface area contributed by atoms with Crippen LogP contribution in [-0.4, -0.2) is 74.9 Å². The highest BCUT2D eigenvalue weighted by molar-refractivity contribution is 7.47. The van der Waals surface area contributed by atoms with Crippen molar-refractivity contribution < 1.29 is 42.1 Å². The summed E-state index contributed by atoms with van der Waals surface area (Å²) in [6.45, 7) is 4.36. The monoisotopic (exact) mass is 759 g/mol. The molecule has 0 aromatic carbocycles. The summed E-state index contributed by atoms with van der Waals surface area (Å²) in [5, 5.41) is 0. The van der Waals surface area contributed by atoms with Gasteiger partial charge in [-0.1, -0.05) is 134 Å². The van der Waals surface area contributed by atoms with Crippen molar-refractivity contribution in [1.29, 1.82) is 0 Å². The third-order valence-electron chi connectivity index (χ3n) is 8.95. The van der Waals surface area contributed by atoms with Gasteiger partial charge in [-0.2, -0.15) is 0 Å². The van der Waals surface area contributed by atoms with Crippen molar-refractivity contribution in [2.75, 3.05) is 47.5 Å². The van der Waals surface area contributed by atoms with Crippen LogP contribution in [0.4, 0.5) is 0 Å². The van der Waals surface area contributed by atoms with Gasteiger partial charge in [-0.3, -0.25) is 18.6 Å². The summed E-state index contributed by atoms with van der Waals surface area (Å²) in [5.41, 5.74) is 0. The molecule has 0 bridgehead atoms. The first-order valence-electron chi connectivity index (χ1n) is 21.1. The SMILES string of the molecule is CCCC/C=C/CCCCCCCC(=O)OC[C@H](COP(=O)(O)OCC[N+](C)(C)C)OC(=O)CCCCCCCCCCC/C=C/CCCCCC. The Labute approximate surface area is 319 Å². The first kappa shape index (κ1) is 50.5. The number of quaternary nitrogens is 1. The van der Waals surface area contributed by atoms with Gasteiger partial charge in [0, 0.05) is 12.8 Å². The number of ether oxygens (including phenoxy) is 2. The number of phosphoric acid groups is 1. The highest BCUT2D eigenvalue weighted by atomic mass is 31.2. The fraction of sp³-hybridized carbons (Fsp3) is 0.857. The largest absolute Gasteiger partial charge is 0.472 e. The quantitative estimate of drug-likeness (QED) is 0.0218. The van der Waals surface area contributed by atoms with Crippen molar-refractivity contribution >= 4 is 19.8 Å². The Bertz CT molecular complexity index is 949. The summed E-state index contributed by atoms with van der Waals surface area (Å²) in [5.74, 6) is -0.810. The summed E-state index contributed by atoms with van der Waals surface area (Å²) < 4.78 is 34.2. The fourth-order valence-corrected chi connectivity index (χ4v) is 6.32. The van der Waals surface area contributed by atoms with E-state index < -0.39 is 26.5 Å². The van der Waals surface area contributed by atoms with Crippen LogP contribution in [0, 0.1) is 0 Å². The molecular formula is C42H81NO8P+. The van der Waals surface area contributed by atoms with Crippen LogP contribution in [0.3, 0.4) is 0 Å². The Morgan fingerprint density at radius 2 is 1.00 bits per heavy atom. The van der Waals surface area contributed by atoms with Gasteiger partial charge >= 0.3 is 19.8 Å². The van der Waals surface area contributed by atoms with Gasteiger partial charge in [0.25, 0.3) is 0 Å². The predicted molar refractivity (Wildman–Crippen MR) is 215 cm³/mol. The molecule has 52 heavy (non-hydrogen) atoms.